The van der Waals surface area contributed by atoms with Crippen LogP contribution in [0.25, 0.3) is 121 Å². The smallest absolute Gasteiger partial charge is 0.0635 e. The van der Waals surface area contributed by atoms with Gasteiger partial charge in [-0.3, -0.25) is 0 Å². The van der Waals surface area contributed by atoms with Crippen LogP contribution in [0.5, 0.6) is 0 Å². The van der Waals surface area contributed by atoms with E-state index in [0.29, 0.717) is 0 Å². The highest BCUT2D eigenvalue weighted by Crippen LogP contribution is 2.56. The Labute approximate surface area is 322 Å². The average Bonchev–Trinajstić information content (AvgIpc) is 4.01. The second kappa shape index (κ2) is 11.1. The second-order valence-corrected chi connectivity index (χ2v) is 15.1. The molecule has 0 N–H and O–H groups in total. The minimum atomic E-state index is 1.23. The molecule has 0 aliphatic heterocycles. The van der Waals surface area contributed by atoms with Gasteiger partial charge in [0.15, 0.2) is 0 Å². The molecule has 2 nitrogen and oxygen atoms in total. The van der Waals surface area contributed by atoms with Crippen molar-refractivity contribution >= 4 is 76.2 Å². The summed E-state index contributed by atoms with van der Waals surface area (Å²) in [6.07, 6.45) is 0. The number of nitrogens with zero attached hydrogens (tertiary/aromatic N) is 2. The number of benzene rings is 9. The predicted molar refractivity (Wildman–Crippen MR) is 238 cm³/mol. The van der Waals surface area contributed by atoms with Crippen molar-refractivity contribution in [1.29, 1.82) is 0 Å². The van der Waals surface area contributed by atoms with Crippen LogP contribution in [-0.4, -0.2) is 8.80 Å². The summed E-state index contributed by atoms with van der Waals surface area (Å²) in [6.45, 7) is 0. The molecule has 56 heavy (non-hydrogen) atoms. The molecule has 13 rings (SSSR count). The Balaban J connectivity index is 1.41. The minimum absolute atomic E-state index is 1.23. The quantitative estimate of drug-likeness (QED) is 0.172. The van der Waals surface area contributed by atoms with Gasteiger partial charge in [-0.2, -0.15) is 0 Å². The van der Waals surface area contributed by atoms with Gasteiger partial charge in [-0.05, 0) is 68.8 Å². The van der Waals surface area contributed by atoms with Crippen molar-refractivity contribution in [3.63, 3.8) is 0 Å². The van der Waals surface area contributed by atoms with Gasteiger partial charge in [0, 0.05) is 43.1 Å². The lowest BCUT2D eigenvalue weighted by Gasteiger charge is -2.11. The summed E-state index contributed by atoms with van der Waals surface area (Å²) in [5.74, 6) is 0. The molecule has 9 aromatic carbocycles. The molecule has 0 spiro atoms. The van der Waals surface area contributed by atoms with Crippen LogP contribution in [0.2, 0.25) is 0 Å². The molecule has 4 aromatic heterocycles. The standard InChI is InChI=1S/C54H32N2/c1-5-17-33(18-6-1)37-25-13-29-41-45(37)49-50-46-38(34-19-7-2-8-20-34)26-15-31-43(46)56-44-32-16-28-40(36-23-11-4-12-24-36)48(44)52(54(50)56)51-47-39(35-21-9-3-10-22-35)27-14-30-42(47)55(41)53(49)51/h1-32H. The molecule has 4 heterocycles. The van der Waals surface area contributed by atoms with E-state index in [2.05, 4.69) is 203 Å². The number of fused-ring (bicyclic) bond motifs is 14. The molecule has 0 aliphatic rings. The first-order valence-corrected chi connectivity index (χ1v) is 19.5. The summed E-state index contributed by atoms with van der Waals surface area (Å²) in [6, 6.07) is 71.5. The fraction of sp³-hybridized carbons (Fsp3) is 0. The van der Waals surface area contributed by atoms with Crippen molar-refractivity contribution in [2.75, 3.05) is 0 Å². The molecule has 258 valence electrons. The Morgan fingerprint density at radius 1 is 0.196 bits per heavy atom. The van der Waals surface area contributed by atoms with Gasteiger partial charge in [-0.15, -0.1) is 0 Å². The molecular formula is C54H32N2. The summed E-state index contributed by atoms with van der Waals surface area (Å²) in [5, 5.41) is 10.5. The van der Waals surface area contributed by atoms with E-state index in [4.69, 9.17) is 0 Å². The first-order valence-electron chi connectivity index (χ1n) is 19.5. The van der Waals surface area contributed by atoms with E-state index in [1.807, 2.05) is 0 Å². The number of hydrogen-bond donors (Lipinski definition) is 0. The Hall–Kier alpha value is -7.42. The van der Waals surface area contributed by atoms with E-state index < -0.39 is 0 Å². The topological polar surface area (TPSA) is 8.82 Å². The lowest BCUT2D eigenvalue weighted by atomic mass is 9.90. The molecule has 2 heteroatoms. The van der Waals surface area contributed by atoms with E-state index in [1.54, 1.807) is 0 Å². The largest absolute Gasteiger partial charge is 0.308 e. The lowest BCUT2D eigenvalue weighted by Crippen LogP contribution is -1.86. The molecule has 0 atom stereocenters. The van der Waals surface area contributed by atoms with Gasteiger partial charge in [-0.25, -0.2) is 0 Å². The molecule has 0 saturated carbocycles. The van der Waals surface area contributed by atoms with Gasteiger partial charge in [0.25, 0.3) is 0 Å². The summed E-state index contributed by atoms with van der Waals surface area (Å²) in [5.41, 5.74) is 17.5. The Kier molecular flexibility index (Phi) is 5.92. The zero-order valence-electron chi connectivity index (χ0n) is 30.4. The summed E-state index contributed by atoms with van der Waals surface area (Å²) in [7, 11) is 0. The molecule has 0 amide bonds. The van der Waals surface area contributed by atoms with E-state index in [0.717, 1.165) is 0 Å². The summed E-state index contributed by atoms with van der Waals surface area (Å²) in [4.78, 5) is 0. The van der Waals surface area contributed by atoms with Gasteiger partial charge in [-0.1, -0.05) is 170 Å². The summed E-state index contributed by atoms with van der Waals surface area (Å²) < 4.78 is 5.20. The van der Waals surface area contributed by atoms with Crippen molar-refractivity contribution in [2.45, 2.75) is 0 Å². The number of aromatic nitrogens is 2. The van der Waals surface area contributed by atoms with Crippen molar-refractivity contribution < 1.29 is 0 Å². The second-order valence-electron chi connectivity index (χ2n) is 15.1. The molecule has 0 radical (unpaired) electrons. The highest BCUT2D eigenvalue weighted by Gasteiger charge is 2.32. The van der Waals surface area contributed by atoms with Crippen molar-refractivity contribution in [3.05, 3.63) is 194 Å². The molecule has 0 fully saturated rings. The van der Waals surface area contributed by atoms with Crippen LogP contribution in [0.3, 0.4) is 0 Å². The Morgan fingerprint density at radius 3 is 0.661 bits per heavy atom. The van der Waals surface area contributed by atoms with Gasteiger partial charge in [0.05, 0.1) is 33.1 Å². The van der Waals surface area contributed by atoms with Crippen LogP contribution in [-0.2, 0) is 0 Å². The van der Waals surface area contributed by atoms with Crippen LogP contribution in [0.4, 0.5) is 0 Å². The lowest BCUT2D eigenvalue weighted by molar-refractivity contribution is 1.37. The highest BCUT2D eigenvalue weighted by atomic mass is 14.9. The molecular weight excluding hydrogens is 677 g/mol. The van der Waals surface area contributed by atoms with E-state index in [9.17, 15) is 0 Å². The average molecular weight is 709 g/mol. The van der Waals surface area contributed by atoms with Crippen LogP contribution >= 0.6 is 0 Å². The van der Waals surface area contributed by atoms with Crippen molar-refractivity contribution in [1.82, 2.24) is 8.80 Å². The Bertz CT molecular complexity index is 3170. The molecule has 0 aliphatic carbocycles. The fourth-order valence-electron chi connectivity index (χ4n) is 10.3. The number of rotatable bonds is 4. The van der Waals surface area contributed by atoms with Crippen molar-refractivity contribution in [2.24, 2.45) is 0 Å². The van der Waals surface area contributed by atoms with Gasteiger partial charge >= 0.3 is 0 Å². The maximum absolute atomic E-state index is 2.60. The SMILES string of the molecule is c1ccc(-c2cccc3c2c2c4c5c(-c6ccccc6)cccc5n5c6cccc(-c7ccccc7)c6c(c6c7c(-c8ccccc8)cccc7n3c26)c45)cc1. The van der Waals surface area contributed by atoms with Crippen LogP contribution in [0, 0.1) is 0 Å². The summed E-state index contributed by atoms with van der Waals surface area (Å²) >= 11 is 0. The monoisotopic (exact) mass is 708 g/mol. The number of hydrogen-bond acceptors (Lipinski definition) is 0. The van der Waals surface area contributed by atoms with Crippen molar-refractivity contribution in [3.8, 4) is 44.5 Å². The third-order valence-corrected chi connectivity index (χ3v) is 12.4. The zero-order chi connectivity index (χ0) is 36.5. The Morgan fingerprint density at radius 2 is 0.429 bits per heavy atom. The third-order valence-electron chi connectivity index (χ3n) is 12.4. The highest BCUT2D eigenvalue weighted by molar-refractivity contribution is 6.48. The molecule has 0 unspecified atom stereocenters. The van der Waals surface area contributed by atoms with Gasteiger partial charge in [0.1, 0.15) is 0 Å². The molecule has 0 saturated heterocycles. The van der Waals surface area contributed by atoms with Gasteiger partial charge in [0.2, 0.25) is 0 Å². The fourth-order valence-corrected chi connectivity index (χ4v) is 10.3. The van der Waals surface area contributed by atoms with E-state index in [-0.39, 0.29) is 0 Å². The van der Waals surface area contributed by atoms with Crippen LogP contribution in [0.1, 0.15) is 0 Å². The normalized spacial score (nSPS) is 12.3. The zero-order valence-corrected chi connectivity index (χ0v) is 30.4. The minimum Gasteiger partial charge on any atom is -0.308 e. The van der Waals surface area contributed by atoms with Crippen LogP contribution in [0.15, 0.2) is 194 Å². The van der Waals surface area contributed by atoms with Crippen LogP contribution < -0.4 is 0 Å². The maximum Gasteiger partial charge on any atom is 0.0635 e. The predicted octanol–water partition coefficient (Wildman–Crippen LogP) is 14.7. The van der Waals surface area contributed by atoms with Gasteiger partial charge < -0.3 is 8.80 Å². The third kappa shape index (κ3) is 3.75. The van der Waals surface area contributed by atoms with E-state index in [1.165, 1.54) is 121 Å². The molecule has 13 aromatic rings. The molecule has 0 bridgehead atoms. The first-order chi connectivity index (χ1) is 27.9. The first kappa shape index (κ1) is 30.0. The maximum atomic E-state index is 2.60. The van der Waals surface area contributed by atoms with E-state index >= 15 is 0 Å².